The molecular weight excluding hydrogens is 222 g/mol. The zero-order valence-corrected chi connectivity index (χ0v) is 9.86. The minimum atomic E-state index is 0.758. The highest BCUT2D eigenvalue weighted by molar-refractivity contribution is 8.01. The van der Waals surface area contributed by atoms with E-state index in [9.17, 15) is 0 Å². The van der Waals surface area contributed by atoms with Crippen LogP contribution in [-0.4, -0.2) is 0 Å². The van der Waals surface area contributed by atoms with Crippen molar-refractivity contribution in [3.63, 3.8) is 0 Å². The van der Waals surface area contributed by atoms with Gasteiger partial charge in [-0.25, -0.2) is 0 Å². The zero-order chi connectivity index (χ0) is 10.7. The van der Waals surface area contributed by atoms with Gasteiger partial charge in [0.1, 0.15) is 6.07 Å². The quantitative estimate of drug-likeness (QED) is 0.777. The highest BCUT2D eigenvalue weighted by atomic mass is 32.2. The van der Waals surface area contributed by atoms with Gasteiger partial charge in [0.25, 0.3) is 0 Å². The second-order valence-electron chi connectivity index (χ2n) is 3.10. The summed E-state index contributed by atoms with van der Waals surface area (Å²) in [4.78, 5) is 1.07. The normalized spacial score (nSPS) is 9.87. The molecule has 0 aliphatic carbocycles. The van der Waals surface area contributed by atoms with Crippen molar-refractivity contribution in [1.82, 2.24) is 0 Å². The van der Waals surface area contributed by atoms with Crippen LogP contribution in [0.2, 0.25) is 0 Å². The Hall–Kier alpha value is -1.24. The van der Waals surface area contributed by atoms with Crippen LogP contribution in [0, 0.1) is 18.3 Å². The Kier molecular flexibility index (Phi) is 3.10. The molecule has 0 aliphatic heterocycles. The van der Waals surface area contributed by atoms with Crippen LogP contribution in [0.15, 0.2) is 44.8 Å². The third-order valence-corrected chi connectivity index (χ3v) is 4.31. The van der Waals surface area contributed by atoms with Crippen molar-refractivity contribution in [2.75, 3.05) is 0 Å². The van der Waals surface area contributed by atoms with Crippen molar-refractivity contribution in [2.45, 2.75) is 16.0 Å². The van der Waals surface area contributed by atoms with Crippen molar-refractivity contribution in [3.05, 3.63) is 46.8 Å². The van der Waals surface area contributed by atoms with Gasteiger partial charge in [-0.2, -0.15) is 5.26 Å². The molecule has 0 saturated heterocycles. The van der Waals surface area contributed by atoms with E-state index in [1.54, 1.807) is 23.1 Å². The van der Waals surface area contributed by atoms with Crippen LogP contribution >= 0.6 is 23.1 Å². The van der Waals surface area contributed by atoms with E-state index in [0.29, 0.717) is 0 Å². The largest absolute Gasteiger partial charge is 0.192 e. The lowest BCUT2D eigenvalue weighted by atomic mass is 10.1. The molecule has 0 unspecified atom stereocenters. The molecule has 0 spiro atoms. The number of nitriles is 1. The summed E-state index contributed by atoms with van der Waals surface area (Å²) in [6.45, 7) is 2.04. The van der Waals surface area contributed by atoms with Gasteiger partial charge in [-0.15, -0.1) is 11.3 Å². The lowest BCUT2D eigenvalue weighted by Crippen LogP contribution is -1.84. The third-order valence-electron chi connectivity index (χ3n) is 2.03. The topological polar surface area (TPSA) is 23.8 Å². The molecule has 1 aromatic heterocycles. The number of benzene rings is 1. The van der Waals surface area contributed by atoms with Crippen molar-refractivity contribution in [1.29, 1.82) is 5.26 Å². The number of thiophene rings is 1. The fourth-order valence-electron chi connectivity index (χ4n) is 1.30. The van der Waals surface area contributed by atoms with Crippen LogP contribution in [0.4, 0.5) is 0 Å². The van der Waals surface area contributed by atoms with Crippen LogP contribution < -0.4 is 0 Å². The zero-order valence-electron chi connectivity index (χ0n) is 8.23. The fourth-order valence-corrected chi connectivity index (χ4v) is 3.16. The monoisotopic (exact) mass is 231 g/mol. The molecule has 0 amide bonds. The minimum absolute atomic E-state index is 0.758. The average molecular weight is 231 g/mol. The molecule has 0 bridgehead atoms. The van der Waals surface area contributed by atoms with Crippen molar-refractivity contribution < 1.29 is 0 Å². The van der Waals surface area contributed by atoms with Gasteiger partial charge in [-0.3, -0.25) is 0 Å². The second kappa shape index (κ2) is 4.52. The van der Waals surface area contributed by atoms with Crippen LogP contribution in [0.3, 0.4) is 0 Å². The molecule has 3 heteroatoms. The molecule has 0 fully saturated rings. The SMILES string of the molecule is Cc1cccc(C#N)c1Sc1cccs1. The van der Waals surface area contributed by atoms with Gasteiger partial charge in [-0.05, 0) is 30.0 Å². The van der Waals surface area contributed by atoms with Gasteiger partial charge >= 0.3 is 0 Å². The van der Waals surface area contributed by atoms with Crippen molar-refractivity contribution in [3.8, 4) is 6.07 Å². The van der Waals surface area contributed by atoms with Crippen LogP contribution in [0.25, 0.3) is 0 Å². The predicted molar refractivity (Wildman–Crippen MR) is 64.3 cm³/mol. The third kappa shape index (κ3) is 2.23. The Labute approximate surface area is 97.4 Å². The summed E-state index contributed by atoms with van der Waals surface area (Å²) in [5.41, 5.74) is 1.92. The summed E-state index contributed by atoms with van der Waals surface area (Å²) in [7, 11) is 0. The summed E-state index contributed by atoms with van der Waals surface area (Å²) in [6.07, 6.45) is 0. The van der Waals surface area contributed by atoms with E-state index < -0.39 is 0 Å². The molecule has 0 saturated carbocycles. The van der Waals surface area contributed by atoms with E-state index in [-0.39, 0.29) is 0 Å². The first-order chi connectivity index (χ1) is 7.31. The molecule has 0 aliphatic rings. The first kappa shape index (κ1) is 10.3. The van der Waals surface area contributed by atoms with E-state index in [1.807, 2.05) is 36.6 Å². The summed E-state index contributed by atoms with van der Waals surface area (Å²) in [5, 5.41) is 11.1. The molecule has 2 aromatic rings. The van der Waals surface area contributed by atoms with E-state index in [2.05, 4.69) is 12.1 Å². The van der Waals surface area contributed by atoms with Crippen LogP contribution in [0.1, 0.15) is 11.1 Å². The number of rotatable bonds is 2. The van der Waals surface area contributed by atoms with Gasteiger partial charge in [0.15, 0.2) is 0 Å². The fraction of sp³-hybridized carbons (Fsp3) is 0.0833. The Balaban J connectivity index is 2.40. The molecule has 0 atom stereocenters. The first-order valence-electron chi connectivity index (χ1n) is 4.52. The molecule has 0 radical (unpaired) electrons. The Bertz CT molecular complexity index is 495. The Morgan fingerprint density at radius 2 is 2.13 bits per heavy atom. The summed E-state index contributed by atoms with van der Waals surface area (Å²) >= 11 is 3.37. The maximum atomic E-state index is 9.01. The summed E-state index contributed by atoms with van der Waals surface area (Å²) in [5.74, 6) is 0. The molecular formula is C12H9NS2. The average Bonchev–Trinajstić information content (AvgIpc) is 2.74. The maximum absolute atomic E-state index is 9.01. The molecule has 1 heterocycles. The predicted octanol–water partition coefficient (Wildman–Crippen LogP) is 4.08. The molecule has 74 valence electrons. The standard InChI is InChI=1S/C12H9NS2/c1-9-4-2-5-10(8-13)12(9)15-11-6-3-7-14-11/h2-7H,1H3. The van der Waals surface area contributed by atoms with Gasteiger partial charge in [0.05, 0.1) is 9.77 Å². The lowest BCUT2D eigenvalue weighted by Gasteiger charge is -2.05. The van der Waals surface area contributed by atoms with Gasteiger partial charge in [0, 0.05) is 4.90 Å². The maximum Gasteiger partial charge on any atom is 0.100 e. The summed E-state index contributed by atoms with van der Waals surface area (Å²) in [6, 6.07) is 12.2. The number of aryl methyl sites for hydroxylation is 1. The van der Waals surface area contributed by atoms with Crippen molar-refractivity contribution >= 4 is 23.1 Å². The second-order valence-corrected chi connectivity index (χ2v) is 5.36. The number of nitrogens with zero attached hydrogens (tertiary/aromatic N) is 1. The number of hydrogen-bond donors (Lipinski definition) is 0. The van der Waals surface area contributed by atoms with E-state index in [4.69, 9.17) is 5.26 Å². The highest BCUT2D eigenvalue weighted by Crippen LogP contribution is 2.35. The van der Waals surface area contributed by atoms with E-state index in [0.717, 1.165) is 16.0 Å². The smallest absolute Gasteiger partial charge is 0.100 e. The molecule has 1 aromatic carbocycles. The molecule has 0 N–H and O–H groups in total. The summed E-state index contributed by atoms with van der Waals surface area (Å²) < 4.78 is 1.22. The minimum Gasteiger partial charge on any atom is -0.192 e. The van der Waals surface area contributed by atoms with Crippen molar-refractivity contribution in [2.24, 2.45) is 0 Å². The van der Waals surface area contributed by atoms with E-state index >= 15 is 0 Å². The Morgan fingerprint density at radius 3 is 2.80 bits per heavy atom. The lowest BCUT2D eigenvalue weighted by molar-refractivity contribution is 1.26. The van der Waals surface area contributed by atoms with Gasteiger partial charge < -0.3 is 0 Å². The molecule has 1 nitrogen and oxygen atoms in total. The number of hydrogen-bond acceptors (Lipinski definition) is 3. The van der Waals surface area contributed by atoms with Gasteiger partial charge in [-0.1, -0.05) is 30.0 Å². The molecule has 15 heavy (non-hydrogen) atoms. The van der Waals surface area contributed by atoms with Crippen LogP contribution in [-0.2, 0) is 0 Å². The highest BCUT2D eigenvalue weighted by Gasteiger charge is 2.07. The molecule has 2 rings (SSSR count). The van der Waals surface area contributed by atoms with Gasteiger partial charge in [0.2, 0.25) is 0 Å². The Morgan fingerprint density at radius 1 is 1.27 bits per heavy atom. The first-order valence-corrected chi connectivity index (χ1v) is 6.22. The van der Waals surface area contributed by atoms with E-state index in [1.165, 1.54) is 4.21 Å². The van der Waals surface area contributed by atoms with Crippen LogP contribution in [0.5, 0.6) is 0 Å².